The number of benzene rings is 1. The van der Waals surface area contributed by atoms with Gasteiger partial charge < -0.3 is 9.84 Å². The number of rotatable bonds is 18. The molecule has 1 aromatic carbocycles. The van der Waals surface area contributed by atoms with Gasteiger partial charge in [0.2, 0.25) is 0 Å². The van der Waals surface area contributed by atoms with E-state index in [9.17, 15) is 9.59 Å². The highest BCUT2D eigenvalue weighted by Crippen LogP contribution is 2.11. The van der Waals surface area contributed by atoms with E-state index < -0.39 is 5.97 Å². The quantitative estimate of drug-likeness (QED) is 0.152. The number of unbranched alkanes of at least 4 members (excludes halogenated alkanes) is 12. The first kappa shape index (κ1) is 25.9. The lowest BCUT2D eigenvalue weighted by Crippen LogP contribution is -2.07. The van der Waals surface area contributed by atoms with E-state index in [1.165, 1.54) is 101 Å². The van der Waals surface area contributed by atoms with Crippen LogP contribution in [0.1, 0.15) is 118 Å². The molecule has 0 aliphatic carbocycles. The van der Waals surface area contributed by atoms with Crippen molar-refractivity contribution in [3.8, 4) is 0 Å². The fourth-order valence-corrected chi connectivity index (χ4v) is 3.35. The van der Waals surface area contributed by atoms with E-state index in [4.69, 9.17) is 9.84 Å². The molecule has 0 saturated carbocycles. The molecule has 0 heterocycles. The molecule has 0 aromatic heterocycles. The second-order valence-corrected chi connectivity index (χ2v) is 7.96. The fraction of sp³-hybridized carbons (Fsp3) is 0.615. The molecule has 0 radical (unpaired) electrons. The molecule has 0 spiro atoms. The monoisotopic (exact) mass is 416 g/mol. The topological polar surface area (TPSA) is 63.6 Å². The number of hydrogen-bond donors (Lipinski definition) is 1. The molecule has 4 heteroatoms. The first-order valence-electron chi connectivity index (χ1n) is 11.8. The number of esters is 1. The minimum atomic E-state index is -1.00. The molecule has 30 heavy (non-hydrogen) atoms. The molecule has 0 aliphatic heterocycles. The van der Waals surface area contributed by atoms with E-state index in [1.807, 2.05) is 0 Å². The standard InChI is InChI=1S/C26H40O4/c1-2-3-4-5-6-7-8-9-10-11-12-13-14-15-16-17-22-30-26(29)24-20-18-23(19-21-24)25(27)28/h9-10,18-21H,2-8,11-17,22H2,1H3,(H,27,28)/b10-9-. The molecule has 0 atom stereocenters. The normalized spacial score (nSPS) is 11.1. The summed E-state index contributed by atoms with van der Waals surface area (Å²) in [5, 5.41) is 8.86. The third-order valence-electron chi connectivity index (χ3n) is 5.26. The Morgan fingerprint density at radius 1 is 0.733 bits per heavy atom. The number of ether oxygens (including phenoxy) is 1. The van der Waals surface area contributed by atoms with Gasteiger partial charge in [0, 0.05) is 0 Å². The van der Waals surface area contributed by atoms with Crippen LogP contribution in [0.4, 0.5) is 0 Å². The van der Waals surface area contributed by atoms with Crippen LogP contribution in [0.5, 0.6) is 0 Å². The number of carbonyl (C=O) groups excluding carboxylic acids is 1. The molecule has 1 N–H and O–H groups in total. The van der Waals surface area contributed by atoms with Gasteiger partial charge in [-0.1, -0.05) is 76.9 Å². The molecular formula is C26H40O4. The second kappa shape index (κ2) is 17.7. The molecule has 0 amide bonds. The van der Waals surface area contributed by atoms with Crippen molar-refractivity contribution in [2.75, 3.05) is 6.61 Å². The van der Waals surface area contributed by atoms with Crippen molar-refractivity contribution in [1.29, 1.82) is 0 Å². The average Bonchev–Trinajstić information content (AvgIpc) is 2.75. The Hall–Kier alpha value is -2.10. The molecule has 1 rings (SSSR count). The van der Waals surface area contributed by atoms with Crippen molar-refractivity contribution in [2.24, 2.45) is 0 Å². The summed E-state index contributed by atoms with van der Waals surface area (Å²) in [5.41, 5.74) is 0.560. The highest BCUT2D eigenvalue weighted by Gasteiger charge is 2.08. The SMILES string of the molecule is CCCCCCCC/C=C\CCCCCCCCOC(=O)c1ccc(C(=O)O)cc1. The zero-order valence-electron chi connectivity index (χ0n) is 18.7. The van der Waals surface area contributed by atoms with Crippen LogP contribution in [-0.2, 0) is 4.74 Å². The van der Waals surface area contributed by atoms with Gasteiger partial charge in [-0.3, -0.25) is 0 Å². The van der Waals surface area contributed by atoms with Crippen LogP contribution in [0.15, 0.2) is 36.4 Å². The molecule has 0 fully saturated rings. The van der Waals surface area contributed by atoms with E-state index in [0.717, 1.165) is 12.8 Å². The van der Waals surface area contributed by atoms with Gasteiger partial charge in [0.25, 0.3) is 0 Å². The maximum Gasteiger partial charge on any atom is 0.338 e. The van der Waals surface area contributed by atoms with Crippen LogP contribution in [0.2, 0.25) is 0 Å². The number of hydrogen-bond acceptors (Lipinski definition) is 3. The summed E-state index contributed by atoms with van der Waals surface area (Å²) in [5.74, 6) is -1.39. The Balaban J connectivity index is 1.90. The van der Waals surface area contributed by atoms with Crippen molar-refractivity contribution >= 4 is 11.9 Å². The Labute approximate surface area is 182 Å². The first-order chi connectivity index (χ1) is 14.6. The lowest BCUT2D eigenvalue weighted by molar-refractivity contribution is 0.0496. The van der Waals surface area contributed by atoms with E-state index >= 15 is 0 Å². The summed E-state index contributed by atoms with van der Waals surface area (Å²) < 4.78 is 5.25. The highest BCUT2D eigenvalue weighted by molar-refractivity contribution is 5.92. The van der Waals surface area contributed by atoms with Crippen LogP contribution in [0.3, 0.4) is 0 Å². The third-order valence-corrected chi connectivity index (χ3v) is 5.26. The summed E-state index contributed by atoms with van der Waals surface area (Å²) in [6.07, 6.45) is 22.2. The van der Waals surface area contributed by atoms with Gasteiger partial charge in [-0.05, 0) is 56.4 Å². The Morgan fingerprint density at radius 3 is 1.73 bits per heavy atom. The van der Waals surface area contributed by atoms with Gasteiger partial charge >= 0.3 is 11.9 Å². The summed E-state index contributed by atoms with van der Waals surface area (Å²) in [6.45, 7) is 2.68. The van der Waals surface area contributed by atoms with Crippen LogP contribution in [-0.4, -0.2) is 23.7 Å². The minimum absolute atomic E-state index is 0.167. The molecule has 1 aromatic rings. The van der Waals surface area contributed by atoms with Gasteiger partial charge in [0.1, 0.15) is 0 Å². The lowest BCUT2D eigenvalue weighted by atomic mass is 10.1. The van der Waals surface area contributed by atoms with E-state index in [-0.39, 0.29) is 11.5 Å². The minimum Gasteiger partial charge on any atom is -0.478 e. The van der Waals surface area contributed by atoms with Crippen molar-refractivity contribution in [3.05, 3.63) is 47.5 Å². The number of allylic oxidation sites excluding steroid dienone is 2. The Kier molecular flexibility index (Phi) is 15.3. The van der Waals surface area contributed by atoms with Crippen molar-refractivity contribution in [2.45, 2.75) is 96.8 Å². The summed E-state index contributed by atoms with van der Waals surface area (Å²) in [7, 11) is 0. The maximum absolute atomic E-state index is 11.9. The second-order valence-electron chi connectivity index (χ2n) is 7.96. The number of aromatic carboxylic acids is 1. The predicted octanol–water partition coefficient (Wildman–Crippen LogP) is 7.58. The molecule has 0 bridgehead atoms. The van der Waals surface area contributed by atoms with Gasteiger partial charge in [0.15, 0.2) is 0 Å². The predicted molar refractivity (Wildman–Crippen MR) is 123 cm³/mol. The average molecular weight is 417 g/mol. The van der Waals surface area contributed by atoms with E-state index in [1.54, 1.807) is 0 Å². The Morgan fingerprint density at radius 2 is 1.20 bits per heavy atom. The summed E-state index contributed by atoms with van der Waals surface area (Å²) in [6, 6.07) is 5.83. The van der Waals surface area contributed by atoms with Crippen molar-refractivity contribution in [1.82, 2.24) is 0 Å². The molecular weight excluding hydrogens is 376 g/mol. The number of carboxylic acids is 1. The van der Waals surface area contributed by atoms with Crippen LogP contribution in [0, 0.1) is 0 Å². The van der Waals surface area contributed by atoms with Gasteiger partial charge in [-0.25, -0.2) is 9.59 Å². The molecule has 0 aliphatic rings. The first-order valence-corrected chi connectivity index (χ1v) is 11.8. The lowest BCUT2D eigenvalue weighted by Gasteiger charge is -2.05. The van der Waals surface area contributed by atoms with Crippen LogP contribution < -0.4 is 0 Å². The smallest absolute Gasteiger partial charge is 0.338 e. The van der Waals surface area contributed by atoms with E-state index in [0.29, 0.717) is 12.2 Å². The Bertz CT molecular complexity index is 604. The third kappa shape index (κ3) is 13.2. The van der Waals surface area contributed by atoms with Gasteiger partial charge in [0.05, 0.1) is 17.7 Å². The van der Waals surface area contributed by atoms with Gasteiger partial charge in [-0.15, -0.1) is 0 Å². The van der Waals surface area contributed by atoms with Gasteiger partial charge in [-0.2, -0.15) is 0 Å². The number of carbonyl (C=O) groups is 2. The zero-order chi connectivity index (χ0) is 21.9. The largest absolute Gasteiger partial charge is 0.478 e. The molecule has 4 nitrogen and oxygen atoms in total. The van der Waals surface area contributed by atoms with Crippen LogP contribution >= 0.6 is 0 Å². The van der Waals surface area contributed by atoms with E-state index in [2.05, 4.69) is 19.1 Å². The summed E-state index contributed by atoms with van der Waals surface area (Å²) >= 11 is 0. The highest BCUT2D eigenvalue weighted by atomic mass is 16.5. The molecule has 168 valence electrons. The molecule has 0 saturated heterocycles. The van der Waals surface area contributed by atoms with Crippen molar-refractivity contribution < 1.29 is 19.4 Å². The summed E-state index contributed by atoms with van der Waals surface area (Å²) in [4.78, 5) is 22.7. The molecule has 0 unspecified atom stereocenters. The van der Waals surface area contributed by atoms with Crippen LogP contribution in [0.25, 0.3) is 0 Å². The number of carboxylic acid groups (broad SMARTS) is 1. The zero-order valence-corrected chi connectivity index (χ0v) is 18.7. The van der Waals surface area contributed by atoms with Crippen molar-refractivity contribution in [3.63, 3.8) is 0 Å². The maximum atomic E-state index is 11.9. The fourth-order valence-electron chi connectivity index (χ4n) is 3.35.